The van der Waals surface area contributed by atoms with Crippen LogP contribution in [0.25, 0.3) is 0 Å². The number of rotatable bonds is 3. The predicted molar refractivity (Wildman–Crippen MR) is 69.6 cm³/mol. The molecule has 4 atom stereocenters. The average Bonchev–Trinajstić information content (AvgIpc) is 2.78. The molecule has 0 saturated heterocycles. The molecule has 1 aromatic heterocycles. The molecule has 1 heterocycles. The van der Waals surface area contributed by atoms with Crippen molar-refractivity contribution in [1.82, 2.24) is 10.3 Å². The van der Waals surface area contributed by atoms with Crippen LogP contribution in [0.5, 0.6) is 0 Å². The molecule has 1 fully saturated rings. The summed E-state index contributed by atoms with van der Waals surface area (Å²) in [4.78, 5) is 5.60. The maximum atomic E-state index is 4.20. The molecule has 0 radical (unpaired) electrons. The summed E-state index contributed by atoms with van der Waals surface area (Å²) in [7, 11) is 2.08. The van der Waals surface area contributed by atoms with Crippen molar-refractivity contribution in [1.29, 1.82) is 0 Å². The van der Waals surface area contributed by atoms with Crippen molar-refractivity contribution in [2.75, 3.05) is 7.05 Å². The maximum Gasteiger partial charge on any atom is 0.0794 e. The number of thiazole rings is 1. The molecule has 2 rings (SSSR count). The van der Waals surface area contributed by atoms with E-state index in [1.54, 1.807) is 11.3 Å². The summed E-state index contributed by atoms with van der Waals surface area (Å²) in [6, 6.07) is 0.516. The lowest BCUT2D eigenvalue weighted by Gasteiger charge is -2.36. The van der Waals surface area contributed by atoms with E-state index in [-0.39, 0.29) is 0 Å². The molecule has 1 aromatic rings. The van der Waals surface area contributed by atoms with Gasteiger partial charge in [-0.15, -0.1) is 11.3 Å². The summed E-state index contributed by atoms with van der Waals surface area (Å²) in [6.45, 7) is 4.79. The minimum absolute atomic E-state index is 0.516. The highest BCUT2D eigenvalue weighted by Crippen LogP contribution is 2.40. The smallest absolute Gasteiger partial charge is 0.0794 e. The molecule has 1 aliphatic rings. The molecule has 0 aliphatic heterocycles. The van der Waals surface area contributed by atoms with Gasteiger partial charge in [0.05, 0.1) is 5.51 Å². The number of hydrogen-bond acceptors (Lipinski definition) is 3. The van der Waals surface area contributed by atoms with Gasteiger partial charge in [0.15, 0.2) is 0 Å². The van der Waals surface area contributed by atoms with E-state index in [4.69, 9.17) is 0 Å². The quantitative estimate of drug-likeness (QED) is 0.872. The second kappa shape index (κ2) is 5.28. The molecule has 16 heavy (non-hydrogen) atoms. The first kappa shape index (κ1) is 12.1. The third kappa shape index (κ3) is 2.46. The van der Waals surface area contributed by atoms with E-state index < -0.39 is 0 Å². The summed E-state index contributed by atoms with van der Waals surface area (Å²) >= 11 is 1.78. The van der Waals surface area contributed by atoms with E-state index >= 15 is 0 Å². The molecule has 0 spiro atoms. The van der Waals surface area contributed by atoms with Crippen molar-refractivity contribution in [3.8, 4) is 0 Å². The van der Waals surface area contributed by atoms with E-state index in [9.17, 15) is 0 Å². The van der Waals surface area contributed by atoms with E-state index in [1.807, 2.05) is 11.7 Å². The van der Waals surface area contributed by atoms with E-state index in [0.29, 0.717) is 6.04 Å². The van der Waals surface area contributed by atoms with Gasteiger partial charge < -0.3 is 5.32 Å². The van der Waals surface area contributed by atoms with Crippen LogP contribution < -0.4 is 5.32 Å². The largest absolute Gasteiger partial charge is 0.312 e. The molecule has 4 unspecified atom stereocenters. The lowest BCUT2D eigenvalue weighted by Crippen LogP contribution is -2.31. The molecular formula is C13H22N2S. The lowest BCUT2D eigenvalue weighted by atomic mass is 9.73. The van der Waals surface area contributed by atoms with Gasteiger partial charge in [0.25, 0.3) is 0 Å². The summed E-state index contributed by atoms with van der Waals surface area (Å²) in [5, 5.41) is 3.48. The van der Waals surface area contributed by atoms with Gasteiger partial charge in [-0.3, -0.25) is 4.98 Å². The third-order valence-electron chi connectivity index (χ3n) is 4.18. The minimum atomic E-state index is 0.516. The summed E-state index contributed by atoms with van der Waals surface area (Å²) in [5.41, 5.74) is 1.94. The highest BCUT2D eigenvalue weighted by Gasteiger charge is 2.30. The first-order valence-corrected chi connectivity index (χ1v) is 7.16. The molecule has 0 aromatic carbocycles. The van der Waals surface area contributed by atoms with Gasteiger partial charge in [0, 0.05) is 17.1 Å². The molecule has 0 amide bonds. The van der Waals surface area contributed by atoms with Crippen LogP contribution in [0.1, 0.15) is 44.0 Å². The molecule has 3 heteroatoms. The Kier molecular flexibility index (Phi) is 3.98. The van der Waals surface area contributed by atoms with Crippen molar-refractivity contribution < 1.29 is 0 Å². The van der Waals surface area contributed by atoms with E-state index in [2.05, 4.69) is 31.2 Å². The monoisotopic (exact) mass is 238 g/mol. The number of nitrogens with zero attached hydrogens (tertiary/aromatic N) is 1. The highest BCUT2D eigenvalue weighted by atomic mass is 32.1. The van der Waals surface area contributed by atoms with Crippen molar-refractivity contribution in [2.24, 2.45) is 17.8 Å². The molecular weight excluding hydrogens is 216 g/mol. The standard InChI is InChI=1S/C13H22N2S/c1-9-4-5-11(6-10(9)2)13(14-3)12-7-15-8-16-12/h7-11,13-14H,4-6H2,1-3H3. The van der Waals surface area contributed by atoms with Crippen molar-refractivity contribution >= 4 is 11.3 Å². The summed E-state index contributed by atoms with van der Waals surface area (Å²) < 4.78 is 0. The van der Waals surface area contributed by atoms with Crippen molar-refractivity contribution in [3.05, 3.63) is 16.6 Å². The van der Waals surface area contributed by atoms with Gasteiger partial charge in [0.1, 0.15) is 0 Å². The minimum Gasteiger partial charge on any atom is -0.312 e. The Morgan fingerprint density at radius 1 is 1.38 bits per heavy atom. The number of nitrogens with one attached hydrogen (secondary N) is 1. The maximum absolute atomic E-state index is 4.20. The number of aromatic nitrogens is 1. The Bertz CT molecular complexity index is 310. The second-order valence-electron chi connectivity index (χ2n) is 5.20. The fourth-order valence-electron chi connectivity index (χ4n) is 2.88. The fraction of sp³-hybridized carbons (Fsp3) is 0.769. The van der Waals surface area contributed by atoms with Gasteiger partial charge in [0.2, 0.25) is 0 Å². The van der Waals surface area contributed by atoms with Crippen molar-refractivity contribution in [3.63, 3.8) is 0 Å². The van der Waals surface area contributed by atoms with Crippen LogP contribution >= 0.6 is 11.3 Å². The average molecular weight is 238 g/mol. The first-order valence-electron chi connectivity index (χ1n) is 6.28. The van der Waals surface area contributed by atoms with Gasteiger partial charge >= 0.3 is 0 Å². The van der Waals surface area contributed by atoms with Crippen LogP contribution in [0.3, 0.4) is 0 Å². The van der Waals surface area contributed by atoms with Crippen LogP contribution in [-0.4, -0.2) is 12.0 Å². The second-order valence-corrected chi connectivity index (χ2v) is 6.12. The Morgan fingerprint density at radius 3 is 2.75 bits per heavy atom. The van der Waals surface area contributed by atoms with Gasteiger partial charge in [-0.1, -0.05) is 20.3 Å². The Morgan fingerprint density at radius 2 is 2.19 bits per heavy atom. The summed E-state index contributed by atoms with van der Waals surface area (Å²) in [5.74, 6) is 2.55. The van der Waals surface area contributed by atoms with Gasteiger partial charge in [-0.25, -0.2) is 0 Å². The Labute approximate surface area is 102 Å². The number of hydrogen-bond donors (Lipinski definition) is 1. The molecule has 1 N–H and O–H groups in total. The topological polar surface area (TPSA) is 24.9 Å². The highest BCUT2D eigenvalue weighted by molar-refractivity contribution is 7.09. The zero-order valence-electron chi connectivity index (χ0n) is 10.4. The molecule has 2 nitrogen and oxygen atoms in total. The van der Waals surface area contributed by atoms with Crippen LogP contribution in [0.2, 0.25) is 0 Å². The fourth-order valence-corrected chi connectivity index (χ4v) is 3.70. The molecule has 1 aliphatic carbocycles. The Balaban J connectivity index is 2.05. The normalized spacial score (nSPS) is 32.6. The molecule has 90 valence electrons. The third-order valence-corrected chi connectivity index (χ3v) is 5.04. The molecule has 0 bridgehead atoms. The van der Waals surface area contributed by atoms with Gasteiger partial charge in [-0.2, -0.15) is 0 Å². The predicted octanol–water partition coefficient (Wildman–Crippen LogP) is 3.48. The van der Waals surface area contributed by atoms with Crippen LogP contribution in [-0.2, 0) is 0 Å². The van der Waals surface area contributed by atoms with E-state index in [1.165, 1.54) is 24.1 Å². The van der Waals surface area contributed by atoms with Crippen LogP contribution in [0, 0.1) is 17.8 Å². The first-order chi connectivity index (χ1) is 7.72. The molecule has 1 saturated carbocycles. The van der Waals surface area contributed by atoms with E-state index in [0.717, 1.165) is 17.8 Å². The summed E-state index contributed by atoms with van der Waals surface area (Å²) in [6.07, 6.45) is 6.11. The zero-order valence-corrected chi connectivity index (χ0v) is 11.3. The Hall–Kier alpha value is -0.410. The zero-order chi connectivity index (χ0) is 11.5. The van der Waals surface area contributed by atoms with Crippen molar-refractivity contribution in [2.45, 2.75) is 39.2 Å². The van der Waals surface area contributed by atoms with Gasteiger partial charge in [-0.05, 0) is 37.6 Å². The van der Waals surface area contributed by atoms with Crippen LogP contribution in [0.15, 0.2) is 11.7 Å². The SMILES string of the molecule is CNC(c1cncs1)C1CCC(C)C(C)C1. The van der Waals surface area contributed by atoms with Crippen LogP contribution in [0.4, 0.5) is 0 Å². The lowest BCUT2D eigenvalue weighted by molar-refractivity contribution is 0.176.